The van der Waals surface area contributed by atoms with E-state index in [2.05, 4.69) is 48.5 Å². The van der Waals surface area contributed by atoms with E-state index in [9.17, 15) is 0 Å². The molecule has 2 fully saturated rings. The van der Waals surface area contributed by atoms with Gasteiger partial charge in [0, 0.05) is 5.41 Å². The molecule has 2 aromatic carbocycles. The molecular weight excluding hydrogens is 304 g/mol. The lowest BCUT2D eigenvalue weighted by atomic mass is 9.65. The van der Waals surface area contributed by atoms with Gasteiger partial charge in [-0.25, -0.2) is 0 Å². The molecule has 0 unspecified atom stereocenters. The summed E-state index contributed by atoms with van der Waals surface area (Å²) in [5, 5.41) is 3.65. The highest BCUT2D eigenvalue weighted by molar-refractivity contribution is 7.03. The molecule has 2 spiro atoms. The molecule has 5 rings (SSSR count). The Bertz CT molecular complexity index is 633. The van der Waals surface area contributed by atoms with Gasteiger partial charge in [0.15, 0.2) is 0 Å². The summed E-state index contributed by atoms with van der Waals surface area (Å²) in [5.41, 5.74) is 3.83. The van der Waals surface area contributed by atoms with Gasteiger partial charge >= 0.3 is 0 Å². The minimum absolute atomic E-state index is 0.334. The molecule has 0 amide bonds. The normalized spacial score (nSPS) is 23.7. The van der Waals surface area contributed by atoms with Crippen molar-refractivity contribution in [3.63, 3.8) is 0 Å². The van der Waals surface area contributed by atoms with E-state index in [0.717, 1.165) is 0 Å². The summed E-state index contributed by atoms with van der Waals surface area (Å²) in [5.74, 6) is 0. The summed E-state index contributed by atoms with van der Waals surface area (Å²) in [6, 6.07) is 22.4. The largest absolute Gasteiger partial charge is 0.118 e. The van der Waals surface area contributed by atoms with E-state index in [1.165, 1.54) is 63.5 Å². The smallest absolute Gasteiger partial charge is 0.0623 e. The molecule has 0 radical (unpaired) electrons. The zero-order valence-electron chi connectivity index (χ0n) is 14.7. The Morgan fingerprint density at radius 2 is 1.08 bits per heavy atom. The van der Waals surface area contributed by atoms with Crippen molar-refractivity contribution in [2.45, 2.75) is 68.9 Å². The Morgan fingerprint density at radius 1 is 0.583 bits per heavy atom. The number of rotatable bonds is 0. The van der Waals surface area contributed by atoms with Crippen LogP contribution in [0, 0.1) is 0 Å². The quantitative estimate of drug-likeness (QED) is 0.596. The first-order valence-corrected chi connectivity index (χ1v) is 12.5. The zero-order valence-corrected chi connectivity index (χ0v) is 15.7. The molecule has 2 aliphatic heterocycles. The van der Waals surface area contributed by atoms with Crippen molar-refractivity contribution in [1.29, 1.82) is 0 Å². The number of hydrogen-bond donors (Lipinski definition) is 0. The van der Waals surface area contributed by atoms with Crippen molar-refractivity contribution in [2.75, 3.05) is 0 Å². The fourth-order valence-electron chi connectivity index (χ4n) is 6.31. The van der Waals surface area contributed by atoms with Gasteiger partial charge in [0.05, 0.1) is 0 Å². The number of fused-ring (bicyclic) bond motifs is 6. The molecule has 0 N–H and O–H groups in total. The highest BCUT2D eigenvalue weighted by Gasteiger charge is 2.51. The van der Waals surface area contributed by atoms with E-state index < -0.39 is 8.07 Å². The van der Waals surface area contributed by atoms with Crippen molar-refractivity contribution < 1.29 is 0 Å². The van der Waals surface area contributed by atoms with Gasteiger partial charge in [-0.1, -0.05) is 97.4 Å². The summed E-state index contributed by atoms with van der Waals surface area (Å²) in [7, 11) is -1.52. The minimum Gasteiger partial charge on any atom is -0.0623 e. The third-order valence-electron chi connectivity index (χ3n) is 7.33. The highest BCUT2D eigenvalue weighted by atomic mass is 28.3. The average Bonchev–Trinajstić information content (AvgIpc) is 2.68. The van der Waals surface area contributed by atoms with E-state index in [1.54, 1.807) is 11.1 Å². The fourth-order valence-corrected chi connectivity index (χ4v) is 12.1. The molecule has 124 valence electrons. The Hall–Kier alpha value is -1.34. The first kappa shape index (κ1) is 15.0. The van der Waals surface area contributed by atoms with Crippen LogP contribution in [0.2, 0.25) is 12.1 Å². The third-order valence-corrected chi connectivity index (χ3v) is 12.7. The van der Waals surface area contributed by atoms with Gasteiger partial charge < -0.3 is 0 Å². The van der Waals surface area contributed by atoms with Crippen LogP contribution in [0.15, 0.2) is 48.5 Å². The Balaban J connectivity index is 1.82. The van der Waals surface area contributed by atoms with E-state index in [0.29, 0.717) is 5.41 Å². The van der Waals surface area contributed by atoms with Crippen LogP contribution in [0.3, 0.4) is 0 Å². The molecule has 2 heterocycles. The summed E-state index contributed by atoms with van der Waals surface area (Å²) in [4.78, 5) is 0. The van der Waals surface area contributed by atoms with Crippen LogP contribution in [0.1, 0.15) is 62.5 Å². The lowest BCUT2D eigenvalue weighted by molar-refractivity contribution is 0.347. The predicted molar refractivity (Wildman–Crippen MR) is 105 cm³/mol. The van der Waals surface area contributed by atoms with E-state index in [-0.39, 0.29) is 0 Å². The summed E-state index contributed by atoms with van der Waals surface area (Å²) in [6.45, 7) is 0. The van der Waals surface area contributed by atoms with Crippen LogP contribution < -0.4 is 10.4 Å². The predicted octanol–water partition coefficient (Wildman–Crippen LogP) is 5.00. The van der Waals surface area contributed by atoms with Crippen LogP contribution in [-0.2, 0) is 5.41 Å². The third kappa shape index (κ3) is 1.91. The second kappa shape index (κ2) is 5.59. The number of benzene rings is 2. The second-order valence-electron chi connectivity index (χ2n) is 8.38. The average molecular weight is 333 g/mol. The van der Waals surface area contributed by atoms with E-state index in [4.69, 9.17) is 0 Å². The molecule has 2 aromatic rings. The minimum atomic E-state index is -1.52. The molecular formula is C23H28Si. The molecule has 1 aliphatic carbocycles. The monoisotopic (exact) mass is 332 g/mol. The summed E-state index contributed by atoms with van der Waals surface area (Å²) in [6.07, 6.45) is 11.3. The maximum atomic E-state index is 2.54. The molecule has 0 aromatic heterocycles. The van der Waals surface area contributed by atoms with Crippen molar-refractivity contribution in [3.05, 3.63) is 59.7 Å². The lowest BCUT2D eigenvalue weighted by Crippen LogP contribution is -2.67. The molecule has 1 saturated carbocycles. The molecule has 0 nitrogen and oxygen atoms in total. The van der Waals surface area contributed by atoms with Crippen molar-refractivity contribution in [1.82, 2.24) is 0 Å². The number of hydrogen-bond acceptors (Lipinski definition) is 0. The SMILES string of the molecule is c1ccc2c(c1)C1(CCCCC1)c1ccccc1[Si]21CCCCC1. The van der Waals surface area contributed by atoms with Crippen LogP contribution >= 0.6 is 0 Å². The van der Waals surface area contributed by atoms with Gasteiger partial charge in [-0.15, -0.1) is 0 Å². The van der Waals surface area contributed by atoms with E-state index >= 15 is 0 Å². The molecule has 3 aliphatic rings. The molecule has 0 atom stereocenters. The Morgan fingerprint density at radius 3 is 1.67 bits per heavy atom. The van der Waals surface area contributed by atoms with Crippen LogP contribution in [0.5, 0.6) is 0 Å². The van der Waals surface area contributed by atoms with Gasteiger partial charge in [0.25, 0.3) is 0 Å². The first-order valence-electron chi connectivity index (χ1n) is 10.1. The Labute approximate surface area is 147 Å². The van der Waals surface area contributed by atoms with Gasteiger partial charge in [0.2, 0.25) is 0 Å². The maximum Gasteiger partial charge on any atom is 0.118 e. The van der Waals surface area contributed by atoms with Crippen LogP contribution in [-0.4, -0.2) is 8.07 Å². The highest BCUT2D eigenvalue weighted by Crippen LogP contribution is 2.48. The fraction of sp³-hybridized carbons (Fsp3) is 0.478. The van der Waals surface area contributed by atoms with Crippen molar-refractivity contribution >= 4 is 18.4 Å². The van der Waals surface area contributed by atoms with Gasteiger partial charge in [0.1, 0.15) is 8.07 Å². The summed E-state index contributed by atoms with van der Waals surface area (Å²) >= 11 is 0. The van der Waals surface area contributed by atoms with Crippen molar-refractivity contribution in [2.24, 2.45) is 0 Å². The van der Waals surface area contributed by atoms with Crippen LogP contribution in [0.25, 0.3) is 0 Å². The van der Waals surface area contributed by atoms with E-state index in [1.807, 2.05) is 10.4 Å². The lowest BCUT2D eigenvalue weighted by Gasteiger charge is -2.51. The van der Waals surface area contributed by atoms with Gasteiger partial charge in [-0.05, 0) is 36.1 Å². The molecule has 0 bridgehead atoms. The van der Waals surface area contributed by atoms with Crippen molar-refractivity contribution in [3.8, 4) is 0 Å². The Kier molecular flexibility index (Phi) is 3.48. The maximum absolute atomic E-state index is 2.54. The van der Waals surface area contributed by atoms with Gasteiger partial charge in [-0.2, -0.15) is 0 Å². The molecule has 1 heteroatoms. The van der Waals surface area contributed by atoms with Gasteiger partial charge in [-0.3, -0.25) is 0 Å². The summed E-state index contributed by atoms with van der Waals surface area (Å²) < 4.78 is 0. The van der Waals surface area contributed by atoms with Crippen LogP contribution in [0.4, 0.5) is 0 Å². The molecule has 1 saturated heterocycles. The first-order chi connectivity index (χ1) is 11.9. The zero-order chi connectivity index (χ0) is 16.0. The topological polar surface area (TPSA) is 0 Å². The molecule has 24 heavy (non-hydrogen) atoms. The second-order valence-corrected chi connectivity index (χ2v) is 12.6. The standard InChI is InChI=1S/C23H28Si/c1-7-15-23(16-8-1)19-11-3-5-13-21(19)24(17-9-2-10-18-24)22-14-6-4-12-20(22)23/h3-6,11-14H,1-2,7-10,15-18H2.